The lowest BCUT2D eigenvalue weighted by Crippen LogP contribution is -2.03. The van der Waals surface area contributed by atoms with Crippen molar-refractivity contribution in [2.24, 2.45) is 0 Å². The molecule has 4 rings (SSSR count). The van der Waals surface area contributed by atoms with Gasteiger partial charge in [-0.05, 0) is 29.7 Å². The van der Waals surface area contributed by atoms with Gasteiger partial charge in [0, 0.05) is 22.4 Å². The maximum Gasteiger partial charge on any atom is 0.336 e. The number of rotatable bonds is 3. The number of furan rings is 1. The molecule has 0 spiro atoms. The second-order valence-corrected chi connectivity index (χ2v) is 5.24. The molecule has 0 saturated carbocycles. The third-order valence-electron chi connectivity index (χ3n) is 3.90. The minimum atomic E-state index is -1.29. The van der Waals surface area contributed by atoms with Crippen molar-refractivity contribution in [3.8, 4) is 0 Å². The van der Waals surface area contributed by atoms with E-state index in [-0.39, 0.29) is 5.57 Å². The molecule has 3 aromatic rings. The van der Waals surface area contributed by atoms with E-state index in [2.05, 4.69) is 0 Å². The van der Waals surface area contributed by atoms with E-state index in [0.717, 1.165) is 23.4 Å². The molecule has 5 nitrogen and oxygen atoms in total. The van der Waals surface area contributed by atoms with E-state index < -0.39 is 11.9 Å². The minimum Gasteiger partial charge on any atom is -0.478 e. The van der Waals surface area contributed by atoms with Crippen LogP contribution in [0.5, 0.6) is 0 Å². The summed E-state index contributed by atoms with van der Waals surface area (Å²) in [4.78, 5) is 22.4. The minimum absolute atomic E-state index is 0.251. The molecule has 1 aliphatic carbocycles. The normalized spacial score (nSPS) is 13.4. The van der Waals surface area contributed by atoms with Crippen molar-refractivity contribution in [3.63, 3.8) is 0 Å². The molecule has 0 unspecified atom stereocenters. The highest BCUT2D eigenvalue weighted by atomic mass is 16.4. The van der Waals surface area contributed by atoms with Crippen molar-refractivity contribution in [2.45, 2.75) is 6.42 Å². The fourth-order valence-corrected chi connectivity index (χ4v) is 2.92. The molecule has 1 aromatic heterocycles. The van der Waals surface area contributed by atoms with E-state index in [1.165, 1.54) is 5.56 Å². The molecule has 0 saturated heterocycles. The largest absolute Gasteiger partial charge is 0.478 e. The zero-order valence-electron chi connectivity index (χ0n) is 11.3. The second-order valence-electron chi connectivity index (χ2n) is 5.24. The maximum atomic E-state index is 11.5. The quantitative estimate of drug-likeness (QED) is 0.567. The summed E-state index contributed by atoms with van der Waals surface area (Å²) < 4.78 is 5.77. The number of fused-ring (bicyclic) bond motifs is 5. The van der Waals surface area contributed by atoms with Crippen LogP contribution in [-0.2, 0) is 16.0 Å². The molecule has 0 aliphatic heterocycles. The van der Waals surface area contributed by atoms with Crippen molar-refractivity contribution >= 4 is 39.5 Å². The van der Waals surface area contributed by atoms with E-state index in [9.17, 15) is 14.7 Å². The van der Waals surface area contributed by atoms with Gasteiger partial charge >= 0.3 is 11.9 Å². The molecular formula is C17H10O5. The molecule has 0 radical (unpaired) electrons. The molecular weight excluding hydrogens is 284 g/mol. The zero-order valence-corrected chi connectivity index (χ0v) is 11.3. The van der Waals surface area contributed by atoms with Crippen LogP contribution in [0.4, 0.5) is 0 Å². The van der Waals surface area contributed by atoms with Crippen LogP contribution in [0.2, 0.25) is 0 Å². The van der Waals surface area contributed by atoms with Crippen LogP contribution in [0, 0.1) is 0 Å². The first kappa shape index (κ1) is 12.6. The Kier molecular flexibility index (Phi) is 2.42. The Morgan fingerprint density at radius 2 is 1.82 bits per heavy atom. The number of benzene rings is 2. The SMILES string of the molecule is O=C(O)C=C(C(=O)O)c1cccc2oc3ccc4c(c3c12)C4. The molecule has 108 valence electrons. The molecule has 1 heterocycles. The van der Waals surface area contributed by atoms with Gasteiger partial charge in [0.25, 0.3) is 0 Å². The molecule has 5 heteroatoms. The van der Waals surface area contributed by atoms with Crippen molar-refractivity contribution in [1.82, 2.24) is 0 Å². The Balaban J connectivity index is 2.13. The van der Waals surface area contributed by atoms with E-state index >= 15 is 0 Å². The van der Waals surface area contributed by atoms with E-state index in [0.29, 0.717) is 22.1 Å². The van der Waals surface area contributed by atoms with Crippen LogP contribution in [0.1, 0.15) is 16.7 Å². The highest BCUT2D eigenvalue weighted by Crippen LogP contribution is 2.43. The Labute approximate surface area is 124 Å². The number of aliphatic carboxylic acids is 2. The molecule has 22 heavy (non-hydrogen) atoms. The summed E-state index contributed by atoms with van der Waals surface area (Å²) in [5, 5.41) is 19.9. The Morgan fingerprint density at radius 1 is 1.05 bits per heavy atom. The van der Waals surface area contributed by atoms with Crippen molar-refractivity contribution in [3.05, 3.63) is 53.1 Å². The van der Waals surface area contributed by atoms with Crippen LogP contribution in [0.3, 0.4) is 0 Å². The summed E-state index contributed by atoms with van der Waals surface area (Å²) in [6.45, 7) is 0. The van der Waals surface area contributed by atoms with E-state index in [1.807, 2.05) is 12.1 Å². The van der Waals surface area contributed by atoms with Gasteiger partial charge in [-0.2, -0.15) is 0 Å². The lowest BCUT2D eigenvalue weighted by atomic mass is 9.99. The van der Waals surface area contributed by atoms with Gasteiger partial charge in [-0.1, -0.05) is 18.2 Å². The fraction of sp³-hybridized carbons (Fsp3) is 0.0588. The Morgan fingerprint density at radius 3 is 2.55 bits per heavy atom. The van der Waals surface area contributed by atoms with Gasteiger partial charge in [0.05, 0.1) is 5.57 Å². The molecule has 1 aliphatic rings. The van der Waals surface area contributed by atoms with Gasteiger partial charge in [-0.15, -0.1) is 0 Å². The smallest absolute Gasteiger partial charge is 0.336 e. The summed E-state index contributed by atoms with van der Waals surface area (Å²) >= 11 is 0. The van der Waals surface area contributed by atoms with Crippen molar-refractivity contribution < 1.29 is 24.2 Å². The number of carbonyl (C=O) groups is 2. The Hall–Kier alpha value is -3.08. The molecule has 0 atom stereocenters. The summed E-state index contributed by atoms with van der Waals surface area (Å²) in [6, 6.07) is 8.89. The van der Waals surface area contributed by atoms with Crippen molar-refractivity contribution in [1.29, 1.82) is 0 Å². The van der Waals surface area contributed by atoms with Crippen molar-refractivity contribution in [2.75, 3.05) is 0 Å². The first-order valence-corrected chi connectivity index (χ1v) is 6.70. The standard InChI is InChI=1S/C17H10O5/c18-14(19)7-11(17(20)21)9-2-1-3-12-15(9)16-10-6-8(10)4-5-13(16)22-12/h1-5,7H,6H2,(H,18,19)(H,20,21). The lowest BCUT2D eigenvalue weighted by molar-refractivity contribution is -0.133. The van der Waals surface area contributed by atoms with Gasteiger partial charge < -0.3 is 14.6 Å². The number of hydrogen-bond acceptors (Lipinski definition) is 3. The molecule has 0 bridgehead atoms. The molecule has 2 aromatic carbocycles. The highest BCUT2D eigenvalue weighted by molar-refractivity contribution is 6.25. The third-order valence-corrected chi connectivity index (χ3v) is 3.90. The summed E-state index contributed by atoms with van der Waals surface area (Å²) in [7, 11) is 0. The molecule has 0 amide bonds. The maximum absolute atomic E-state index is 11.5. The predicted octanol–water partition coefficient (Wildman–Crippen LogP) is 3.04. The average Bonchev–Trinajstić information content (AvgIpc) is 3.16. The van der Waals surface area contributed by atoms with E-state index in [1.54, 1.807) is 18.2 Å². The topological polar surface area (TPSA) is 87.7 Å². The summed E-state index contributed by atoms with van der Waals surface area (Å²) in [5.41, 5.74) is 3.72. The van der Waals surface area contributed by atoms with Crippen LogP contribution in [0.25, 0.3) is 27.5 Å². The monoisotopic (exact) mass is 294 g/mol. The van der Waals surface area contributed by atoms with Crippen LogP contribution >= 0.6 is 0 Å². The number of hydrogen-bond donors (Lipinski definition) is 2. The van der Waals surface area contributed by atoms with Gasteiger partial charge in [0.2, 0.25) is 0 Å². The van der Waals surface area contributed by atoms with Gasteiger partial charge in [0.15, 0.2) is 0 Å². The molecule has 0 fully saturated rings. The van der Waals surface area contributed by atoms with Crippen LogP contribution in [0.15, 0.2) is 40.8 Å². The number of carboxylic acids is 2. The zero-order chi connectivity index (χ0) is 15.4. The first-order chi connectivity index (χ1) is 10.6. The predicted molar refractivity (Wildman–Crippen MR) is 79.8 cm³/mol. The second kappa shape index (κ2) is 4.21. The number of carboxylic acid groups (broad SMARTS) is 2. The summed E-state index contributed by atoms with van der Waals surface area (Å²) in [5.74, 6) is -2.57. The van der Waals surface area contributed by atoms with Gasteiger partial charge in [-0.25, -0.2) is 9.59 Å². The first-order valence-electron chi connectivity index (χ1n) is 6.70. The van der Waals surface area contributed by atoms with Gasteiger partial charge in [0.1, 0.15) is 11.2 Å². The lowest BCUT2D eigenvalue weighted by Gasteiger charge is -2.03. The average molecular weight is 294 g/mol. The Bertz CT molecular complexity index is 1010. The highest BCUT2D eigenvalue weighted by Gasteiger charge is 2.26. The van der Waals surface area contributed by atoms with Crippen LogP contribution < -0.4 is 0 Å². The fourth-order valence-electron chi connectivity index (χ4n) is 2.92. The molecule has 2 N–H and O–H groups in total. The van der Waals surface area contributed by atoms with Crippen LogP contribution in [-0.4, -0.2) is 22.2 Å². The van der Waals surface area contributed by atoms with E-state index in [4.69, 9.17) is 9.52 Å². The third kappa shape index (κ3) is 1.72. The summed E-state index contributed by atoms with van der Waals surface area (Å²) in [6.07, 6.45) is 1.58. The van der Waals surface area contributed by atoms with Gasteiger partial charge in [-0.3, -0.25) is 0 Å².